The zero-order valence-electron chi connectivity index (χ0n) is 10.3. The molecule has 2 aromatic rings. The number of pyridine rings is 1. The minimum Gasteiger partial charge on any atom is -0.316 e. The second-order valence-electron chi connectivity index (χ2n) is 4.13. The molecular formula is C14H18N2S. The van der Waals surface area contributed by atoms with E-state index >= 15 is 0 Å². The molecule has 0 bridgehead atoms. The van der Waals surface area contributed by atoms with E-state index in [1.807, 2.05) is 31.1 Å². The van der Waals surface area contributed by atoms with Gasteiger partial charge >= 0.3 is 0 Å². The van der Waals surface area contributed by atoms with Crippen LogP contribution in [0.1, 0.15) is 5.56 Å². The lowest BCUT2D eigenvalue weighted by molar-refractivity contribution is 0.619. The summed E-state index contributed by atoms with van der Waals surface area (Å²) in [5, 5.41) is 4.65. The highest BCUT2D eigenvalue weighted by molar-refractivity contribution is 7.98. The minimum absolute atomic E-state index is 0.524. The van der Waals surface area contributed by atoms with E-state index in [0.29, 0.717) is 6.04 Å². The predicted octanol–water partition coefficient (Wildman–Crippen LogP) is 2.73. The summed E-state index contributed by atoms with van der Waals surface area (Å²) in [5.74, 6) is 1.13. The molecule has 0 aliphatic heterocycles. The van der Waals surface area contributed by atoms with Crippen molar-refractivity contribution < 1.29 is 0 Å². The molecule has 0 spiro atoms. The normalized spacial score (nSPS) is 12.8. The zero-order valence-corrected chi connectivity index (χ0v) is 11.1. The standard InChI is InChI=1S/C14H18N2S/c1-15-12(10-17-2)9-11-7-8-16-14-6-4-3-5-13(11)14/h3-8,12,15H,9-10H2,1-2H3. The molecule has 1 atom stereocenters. The van der Waals surface area contributed by atoms with Crippen molar-refractivity contribution in [3.63, 3.8) is 0 Å². The van der Waals surface area contributed by atoms with Gasteiger partial charge in [-0.15, -0.1) is 0 Å². The van der Waals surface area contributed by atoms with Crippen molar-refractivity contribution in [2.45, 2.75) is 12.5 Å². The highest BCUT2D eigenvalue weighted by atomic mass is 32.2. The van der Waals surface area contributed by atoms with Crippen molar-refractivity contribution in [3.8, 4) is 0 Å². The Hall–Kier alpha value is -1.06. The van der Waals surface area contributed by atoms with Crippen LogP contribution in [0, 0.1) is 0 Å². The lowest BCUT2D eigenvalue weighted by Crippen LogP contribution is -2.30. The van der Waals surface area contributed by atoms with Gasteiger partial charge in [-0.25, -0.2) is 0 Å². The molecule has 90 valence electrons. The van der Waals surface area contributed by atoms with Crippen molar-refractivity contribution in [2.75, 3.05) is 19.1 Å². The molecule has 3 heteroatoms. The van der Waals surface area contributed by atoms with E-state index in [-0.39, 0.29) is 0 Å². The maximum absolute atomic E-state index is 4.40. The highest BCUT2D eigenvalue weighted by Gasteiger charge is 2.09. The van der Waals surface area contributed by atoms with Gasteiger partial charge in [0, 0.05) is 23.4 Å². The van der Waals surface area contributed by atoms with E-state index in [0.717, 1.165) is 17.7 Å². The number of benzene rings is 1. The molecule has 1 unspecified atom stereocenters. The first-order valence-electron chi connectivity index (χ1n) is 5.84. The predicted molar refractivity (Wildman–Crippen MR) is 76.7 cm³/mol. The number of rotatable bonds is 5. The molecule has 1 heterocycles. The van der Waals surface area contributed by atoms with Crippen molar-refractivity contribution in [2.24, 2.45) is 0 Å². The number of aromatic nitrogens is 1. The van der Waals surface area contributed by atoms with Gasteiger partial charge in [-0.2, -0.15) is 11.8 Å². The summed E-state index contributed by atoms with van der Waals surface area (Å²) in [6.45, 7) is 0. The molecule has 0 saturated heterocycles. The van der Waals surface area contributed by atoms with Gasteiger partial charge in [0.25, 0.3) is 0 Å². The zero-order chi connectivity index (χ0) is 12.1. The maximum atomic E-state index is 4.40. The molecule has 0 aliphatic carbocycles. The second-order valence-corrected chi connectivity index (χ2v) is 5.04. The van der Waals surface area contributed by atoms with Crippen LogP contribution in [0.2, 0.25) is 0 Å². The van der Waals surface area contributed by atoms with E-state index in [9.17, 15) is 0 Å². The largest absolute Gasteiger partial charge is 0.316 e. The van der Waals surface area contributed by atoms with Gasteiger partial charge in [0.1, 0.15) is 0 Å². The monoisotopic (exact) mass is 246 g/mol. The number of nitrogens with one attached hydrogen (secondary N) is 1. The molecule has 0 fully saturated rings. The number of thioether (sulfide) groups is 1. The Kier molecular flexibility index (Phi) is 4.40. The fourth-order valence-electron chi connectivity index (χ4n) is 2.04. The highest BCUT2D eigenvalue weighted by Crippen LogP contribution is 2.18. The topological polar surface area (TPSA) is 24.9 Å². The molecule has 0 amide bonds. The molecule has 2 nitrogen and oxygen atoms in total. The average molecular weight is 246 g/mol. The van der Waals surface area contributed by atoms with E-state index in [4.69, 9.17) is 0 Å². The van der Waals surface area contributed by atoms with Crippen LogP contribution in [-0.2, 0) is 6.42 Å². The third-order valence-corrected chi connectivity index (χ3v) is 3.72. The number of likely N-dealkylation sites (N-methyl/N-ethyl adjacent to an activating group) is 1. The van der Waals surface area contributed by atoms with E-state index in [1.54, 1.807) is 0 Å². The van der Waals surface area contributed by atoms with Gasteiger partial charge < -0.3 is 5.32 Å². The molecule has 17 heavy (non-hydrogen) atoms. The molecule has 1 N–H and O–H groups in total. The number of nitrogens with zero attached hydrogens (tertiary/aromatic N) is 1. The molecule has 0 saturated carbocycles. The smallest absolute Gasteiger partial charge is 0.0704 e. The maximum Gasteiger partial charge on any atom is 0.0704 e. The van der Waals surface area contributed by atoms with Crippen LogP contribution < -0.4 is 5.32 Å². The Morgan fingerprint density at radius 2 is 2.12 bits per heavy atom. The van der Waals surface area contributed by atoms with Crippen molar-refractivity contribution in [1.82, 2.24) is 10.3 Å². The summed E-state index contributed by atoms with van der Waals surface area (Å²) in [4.78, 5) is 4.40. The summed E-state index contributed by atoms with van der Waals surface area (Å²) in [6.07, 6.45) is 5.11. The Morgan fingerprint density at radius 1 is 1.29 bits per heavy atom. The van der Waals surface area contributed by atoms with Gasteiger partial charge in [-0.3, -0.25) is 4.98 Å². The van der Waals surface area contributed by atoms with Gasteiger partial charge in [-0.1, -0.05) is 18.2 Å². The van der Waals surface area contributed by atoms with Crippen molar-refractivity contribution in [3.05, 3.63) is 42.1 Å². The fraction of sp³-hybridized carbons (Fsp3) is 0.357. The first-order valence-corrected chi connectivity index (χ1v) is 7.23. The summed E-state index contributed by atoms with van der Waals surface area (Å²) in [5.41, 5.74) is 2.47. The molecule has 1 aromatic carbocycles. The Bertz CT molecular complexity index is 479. The molecule has 2 rings (SSSR count). The van der Waals surface area contributed by atoms with Crippen LogP contribution in [0.25, 0.3) is 10.9 Å². The number of hydrogen-bond donors (Lipinski definition) is 1. The lowest BCUT2D eigenvalue weighted by Gasteiger charge is -2.15. The second kappa shape index (κ2) is 6.03. The van der Waals surface area contributed by atoms with Crippen molar-refractivity contribution in [1.29, 1.82) is 0 Å². The van der Waals surface area contributed by atoms with Crippen LogP contribution in [0.3, 0.4) is 0 Å². The number of hydrogen-bond acceptors (Lipinski definition) is 3. The van der Waals surface area contributed by atoms with Gasteiger partial charge in [0.05, 0.1) is 5.52 Å². The SMILES string of the molecule is CNC(CSC)Cc1ccnc2ccccc12. The number of para-hydroxylation sites is 1. The van der Waals surface area contributed by atoms with Crippen LogP contribution >= 0.6 is 11.8 Å². The third-order valence-electron chi connectivity index (χ3n) is 2.98. The van der Waals surface area contributed by atoms with E-state index < -0.39 is 0 Å². The van der Waals surface area contributed by atoms with Gasteiger partial charge in [0.15, 0.2) is 0 Å². The summed E-state index contributed by atoms with van der Waals surface area (Å²) in [6, 6.07) is 11.0. The van der Waals surface area contributed by atoms with Gasteiger partial charge in [-0.05, 0) is 37.4 Å². The summed E-state index contributed by atoms with van der Waals surface area (Å²) < 4.78 is 0. The molecule has 0 aliphatic rings. The van der Waals surface area contributed by atoms with E-state index in [2.05, 4.69) is 40.8 Å². The van der Waals surface area contributed by atoms with Crippen LogP contribution in [0.15, 0.2) is 36.5 Å². The third kappa shape index (κ3) is 2.99. The number of fused-ring (bicyclic) bond motifs is 1. The first-order chi connectivity index (χ1) is 8.35. The molecular weight excluding hydrogens is 228 g/mol. The lowest BCUT2D eigenvalue weighted by atomic mass is 10.0. The summed E-state index contributed by atoms with van der Waals surface area (Å²) in [7, 11) is 2.03. The Balaban J connectivity index is 2.28. The molecule has 1 aromatic heterocycles. The van der Waals surface area contributed by atoms with Gasteiger partial charge in [0.2, 0.25) is 0 Å². The van der Waals surface area contributed by atoms with Crippen LogP contribution in [-0.4, -0.2) is 30.1 Å². The minimum atomic E-state index is 0.524. The quantitative estimate of drug-likeness (QED) is 0.878. The van der Waals surface area contributed by atoms with Crippen LogP contribution in [0.4, 0.5) is 0 Å². The fourth-order valence-corrected chi connectivity index (χ4v) is 2.73. The molecule has 0 radical (unpaired) electrons. The Labute approximate surface area is 107 Å². The van der Waals surface area contributed by atoms with E-state index in [1.165, 1.54) is 10.9 Å². The first kappa shape index (κ1) is 12.4. The van der Waals surface area contributed by atoms with Crippen molar-refractivity contribution >= 4 is 22.7 Å². The Morgan fingerprint density at radius 3 is 2.88 bits per heavy atom. The average Bonchev–Trinajstić information content (AvgIpc) is 2.38. The summed E-state index contributed by atoms with van der Waals surface area (Å²) >= 11 is 1.88. The van der Waals surface area contributed by atoms with Crippen LogP contribution in [0.5, 0.6) is 0 Å².